The summed E-state index contributed by atoms with van der Waals surface area (Å²) in [7, 11) is 1.45. The van der Waals surface area contributed by atoms with E-state index >= 15 is 0 Å². The number of ether oxygens (including phenoxy) is 1. The molecule has 0 bridgehead atoms. The van der Waals surface area contributed by atoms with Crippen molar-refractivity contribution in [3.63, 3.8) is 0 Å². The van der Waals surface area contributed by atoms with Gasteiger partial charge in [0.1, 0.15) is 0 Å². The summed E-state index contributed by atoms with van der Waals surface area (Å²) in [4.78, 5) is 2.12. The Morgan fingerprint density at radius 1 is 1.50 bits per heavy atom. The molecule has 4 heteroatoms. The zero-order valence-corrected chi connectivity index (χ0v) is 11.1. The van der Waals surface area contributed by atoms with Crippen LogP contribution in [-0.2, 0) is 6.54 Å². The third kappa shape index (κ3) is 4.01. The summed E-state index contributed by atoms with van der Waals surface area (Å²) in [6, 6.07) is 7.17. The van der Waals surface area contributed by atoms with Crippen LogP contribution in [0.3, 0.4) is 0 Å². The molecule has 0 saturated heterocycles. The van der Waals surface area contributed by atoms with Gasteiger partial charge in [-0.2, -0.15) is 5.26 Å². The second kappa shape index (κ2) is 6.97. The van der Waals surface area contributed by atoms with E-state index in [1.165, 1.54) is 13.2 Å². The van der Waals surface area contributed by atoms with E-state index in [4.69, 9.17) is 10.00 Å². The van der Waals surface area contributed by atoms with Gasteiger partial charge >= 0.3 is 0 Å². The van der Waals surface area contributed by atoms with Gasteiger partial charge in [-0.25, -0.2) is 4.39 Å². The Kier molecular flexibility index (Phi) is 5.60. The fraction of sp³-hybridized carbons (Fsp3) is 0.500. The summed E-state index contributed by atoms with van der Waals surface area (Å²) in [5.41, 5.74) is 0.889. The summed E-state index contributed by atoms with van der Waals surface area (Å²) < 4.78 is 18.4. The molecule has 1 aromatic rings. The van der Waals surface area contributed by atoms with Gasteiger partial charge in [0.2, 0.25) is 0 Å². The predicted octanol–water partition coefficient (Wildman–Crippen LogP) is 2.82. The van der Waals surface area contributed by atoms with E-state index in [0.29, 0.717) is 13.1 Å². The molecule has 0 aliphatic rings. The van der Waals surface area contributed by atoms with Gasteiger partial charge in [-0.3, -0.25) is 4.90 Å². The topological polar surface area (TPSA) is 36.3 Å². The summed E-state index contributed by atoms with van der Waals surface area (Å²) in [5, 5.41) is 8.80. The summed E-state index contributed by atoms with van der Waals surface area (Å²) >= 11 is 0. The average Bonchev–Trinajstić information content (AvgIpc) is 2.38. The first-order chi connectivity index (χ1) is 8.60. The van der Waals surface area contributed by atoms with Gasteiger partial charge in [0.15, 0.2) is 11.6 Å². The van der Waals surface area contributed by atoms with Crippen molar-refractivity contribution in [1.29, 1.82) is 5.26 Å². The normalized spacial score (nSPS) is 12.2. The maximum absolute atomic E-state index is 13.5. The maximum Gasteiger partial charge on any atom is 0.165 e. The zero-order chi connectivity index (χ0) is 13.5. The molecule has 0 amide bonds. The molecule has 1 aromatic carbocycles. The molecule has 18 heavy (non-hydrogen) atoms. The number of nitriles is 1. The van der Waals surface area contributed by atoms with Crippen LogP contribution in [0.4, 0.5) is 4.39 Å². The highest BCUT2D eigenvalue weighted by Crippen LogP contribution is 2.18. The van der Waals surface area contributed by atoms with Crippen LogP contribution in [0.15, 0.2) is 18.2 Å². The molecular weight excluding hydrogens is 231 g/mol. The van der Waals surface area contributed by atoms with Crippen molar-refractivity contribution in [2.45, 2.75) is 20.4 Å². The molecule has 0 aliphatic carbocycles. The summed E-state index contributed by atoms with van der Waals surface area (Å²) in [6.45, 7) is 6.09. The Balaban J connectivity index is 2.70. The van der Waals surface area contributed by atoms with Crippen LogP contribution in [0.25, 0.3) is 0 Å². The van der Waals surface area contributed by atoms with Gasteiger partial charge in [-0.15, -0.1) is 0 Å². The zero-order valence-electron chi connectivity index (χ0n) is 11.1. The molecule has 0 spiro atoms. The first kappa shape index (κ1) is 14.5. The lowest BCUT2D eigenvalue weighted by molar-refractivity contribution is 0.260. The smallest absolute Gasteiger partial charge is 0.165 e. The minimum absolute atomic E-state index is 0.0203. The summed E-state index contributed by atoms with van der Waals surface area (Å²) in [6.07, 6.45) is 0. The molecule has 0 aliphatic heterocycles. The van der Waals surface area contributed by atoms with E-state index in [2.05, 4.69) is 11.0 Å². The van der Waals surface area contributed by atoms with Crippen LogP contribution in [0.5, 0.6) is 5.75 Å². The molecule has 3 nitrogen and oxygen atoms in total. The lowest BCUT2D eigenvalue weighted by Gasteiger charge is -2.21. The van der Waals surface area contributed by atoms with E-state index in [0.717, 1.165) is 12.1 Å². The van der Waals surface area contributed by atoms with Crippen molar-refractivity contribution in [3.8, 4) is 11.8 Å². The molecule has 1 rings (SSSR count). The Morgan fingerprint density at radius 2 is 2.22 bits per heavy atom. The van der Waals surface area contributed by atoms with E-state index in [9.17, 15) is 4.39 Å². The second-order valence-electron chi connectivity index (χ2n) is 4.33. The van der Waals surface area contributed by atoms with Gasteiger partial charge in [0.25, 0.3) is 0 Å². The predicted molar refractivity (Wildman–Crippen MR) is 68.7 cm³/mol. The van der Waals surface area contributed by atoms with Crippen molar-refractivity contribution in [2.75, 3.05) is 20.2 Å². The second-order valence-corrected chi connectivity index (χ2v) is 4.33. The van der Waals surface area contributed by atoms with E-state index < -0.39 is 0 Å². The molecule has 0 fully saturated rings. The fourth-order valence-electron chi connectivity index (χ4n) is 1.80. The van der Waals surface area contributed by atoms with Crippen LogP contribution in [-0.4, -0.2) is 25.1 Å². The molecule has 0 N–H and O–H groups in total. The number of hydrogen-bond donors (Lipinski definition) is 0. The van der Waals surface area contributed by atoms with Crippen molar-refractivity contribution in [1.82, 2.24) is 4.90 Å². The molecule has 98 valence electrons. The number of halogens is 1. The van der Waals surface area contributed by atoms with Crippen molar-refractivity contribution < 1.29 is 9.13 Å². The van der Waals surface area contributed by atoms with Crippen LogP contribution in [0, 0.1) is 23.1 Å². The number of hydrogen-bond acceptors (Lipinski definition) is 3. The van der Waals surface area contributed by atoms with Crippen LogP contribution < -0.4 is 4.74 Å². The van der Waals surface area contributed by atoms with Gasteiger partial charge in [0.05, 0.1) is 19.1 Å². The minimum Gasteiger partial charge on any atom is -0.494 e. The SMILES string of the molecule is CCN(Cc1ccc(OC)c(F)c1)CC(C)C#N. The number of benzene rings is 1. The highest BCUT2D eigenvalue weighted by atomic mass is 19.1. The van der Waals surface area contributed by atoms with Crippen molar-refractivity contribution in [3.05, 3.63) is 29.6 Å². The lowest BCUT2D eigenvalue weighted by Crippen LogP contribution is -2.27. The Labute approximate surface area is 108 Å². The largest absolute Gasteiger partial charge is 0.494 e. The van der Waals surface area contributed by atoms with Gasteiger partial charge in [0, 0.05) is 13.1 Å². The van der Waals surface area contributed by atoms with Crippen LogP contribution >= 0.6 is 0 Å². The Hall–Kier alpha value is -1.60. The van der Waals surface area contributed by atoms with Gasteiger partial charge < -0.3 is 4.74 Å². The van der Waals surface area contributed by atoms with E-state index in [1.807, 2.05) is 19.9 Å². The van der Waals surface area contributed by atoms with Crippen LogP contribution in [0.1, 0.15) is 19.4 Å². The van der Waals surface area contributed by atoms with Crippen molar-refractivity contribution >= 4 is 0 Å². The molecular formula is C14H19FN2O. The Morgan fingerprint density at radius 3 is 2.72 bits per heavy atom. The van der Waals surface area contributed by atoms with E-state index in [-0.39, 0.29) is 17.5 Å². The standard InChI is InChI=1S/C14H19FN2O/c1-4-17(9-11(2)8-16)10-12-5-6-14(18-3)13(15)7-12/h5-7,11H,4,9-10H2,1-3H3. The van der Waals surface area contributed by atoms with Gasteiger partial charge in [-0.05, 0) is 31.2 Å². The number of nitrogens with zero attached hydrogens (tertiary/aromatic N) is 2. The molecule has 1 unspecified atom stereocenters. The summed E-state index contributed by atoms with van der Waals surface area (Å²) in [5.74, 6) is -0.111. The monoisotopic (exact) mass is 250 g/mol. The first-order valence-corrected chi connectivity index (χ1v) is 6.05. The molecule has 0 radical (unpaired) electrons. The maximum atomic E-state index is 13.5. The van der Waals surface area contributed by atoms with Crippen molar-refractivity contribution in [2.24, 2.45) is 5.92 Å². The lowest BCUT2D eigenvalue weighted by atomic mass is 10.1. The van der Waals surface area contributed by atoms with Gasteiger partial charge in [-0.1, -0.05) is 13.0 Å². The third-order valence-corrected chi connectivity index (χ3v) is 2.82. The first-order valence-electron chi connectivity index (χ1n) is 6.05. The quantitative estimate of drug-likeness (QED) is 0.779. The molecule has 0 saturated carbocycles. The number of rotatable bonds is 6. The highest BCUT2D eigenvalue weighted by Gasteiger charge is 2.10. The molecule has 1 atom stereocenters. The molecule has 0 heterocycles. The van der Waals surface area contributed by atoms with E-state index in [1.54, 1.807) is 6.07 Å². The highest BCUT2D eigenvalue weighted by molar-refractivity contribution is 5.29. The minimum atomic E-state index is -0.348. The average molecular weight is 250 g/mol. The third-order valence-electron chi connectivity index (χ3n) is 2.82. The fourth-order valence-corrected chi connectivity index (χ4v) is 1.80. The van der Waals surface area contributed by atoms with Crippen LogP contribution in [0.2, 0.25) is 0 Å². The Bertz CT molecular complexity index is 428. The number of methoxy groups -OCH3 is 1. The molecule has 0 aromatic heterocycles.